The molecule has 1 amide bonds. The van der Waals surface area contributed by atoms with Crippen LogP contribution in [-0.2, 0) is 5.60 Å². The topological polar surface area (TPSA) is 92.4 Å². The van der Waals surface area contributed by atoms with Gasteiger partial charge in [-0.3, -0.25) is 14.8 Å². The van der Waals surface area contributed by atoms with Crippen molar-refractivity contribution in [3.05, 3.63) is 65.9 Å². The van der Waals surface area contributed by atoms with Gasteiger partial charge in [0.05, 0.1) is 11.9 Å². The Bertz CT molecular complexity index is 1030. The van der Waals surface area contributed by atoms with E-state index in [0.717, 1.165) is 18.4 Å². The van der Waals surface area contributed by atoms with Gasteiger partial charge in [-0.15, -0.1) is 0 Å². The lowest BCUT2D eigenvalue weighted by Crippen LogP contribution is -2.45. The first-order valence-electron chi connectivity index (χ1n) is 10.2. The van der Waals surface area contributed by atoms with Gasteiger partial charge in [-0.2, -0.15) is 0 Å². The maximum atomic E-state index is 13.5. The van der Waals surface area contributed by atoms with Crippen LogP contribution in [0.1, 0.15) is 61.3 Å². The van der Waals surface area contributed by atoms with Crippen molar-refractivity contribution in [2.75, 3.05) is 6.54 Å². The standard InChI is InChI=1S/C23H26N4O3/c1-15-8-9-16(20-12-21(26-30-20)23(2,3)29)14-27(15)22(28)18-7-5-4-6-17(18)19-13-24-10-11-25-19/h4-7,10-13,15-16,29H,8-9,14H2,1-3H3/t15-,16-/m1/s1. The average molecular weight is 406 g/mol. The molecule has 0 bridgehead atoms. The van der Waals surface area contributed by atoms with Gasteiger partial charge >= 0.3 is 0 Å². The molecule has 3 aromatic rings. The predicted octanol–water partition coefficient (Wildman–Crippen LogP) is 3.77. The molecular formula is C23H26N4O3. The van der Waals surface area contributed by atoms with Gasteiger partial charge in [0.1, 0.15) is 17.1 Å². The van der Waals surface area contributed by atoms with Crippen molar-refractivity contribution in [3.8, 4) is 11.3 Å². The molecule has 156 valence electrons. The molecule has 1 N–H and O–H groups in total. The monoisotopic (exact) mass is 406 g/mol. The first-order chi connectivity index (χ1) is 14.3. The average Bonchev–Trinajstić information content (AvgIpc) is 3.25. The molecule has 2 atom stereocenters. The zero-order valence-electron chi connectivity index (χ0n) is 17.4. The summed E-state index contributed by atoms with van der Waals surface area (Å²) in [6.07, 6.45) is 6.67. The van der Waals surface area contributed by atoms with Crippen LogP contribution in [0.5, 0.6) is 0 Å². The Balaban J connectivity index is 1.61. The van der Waals surface area contributed by atoms with Crippen molar-refractivity contribution < 1.29 is 14.4 Å². The molecule has 1 aliphatic heterocycles. The summed E-state index contributed by atoms with van der Waals surface area (Å²) in [4.78, 5) is 23.9. The molecule has 0 saturated carbocycles. The van der Waals surface area contributed by atoms with Crippen molar-refractivity contribution in [3.63, 3.8) is 0 Å². The van der Waals surface area contributed by atoms with Gasteiger partial charge in [-0.05, 0) is 39.7 Å². The summed E-state index contributed by atoms with van der Waals surface area (Å²) in [5, 5.41) is 14.2. The summed E-state index contributed by atoms with van der Waals surface area (Å²) in [6.45, 7) is 5.96. The Morgan fingerprint density at radius 2 is 2.03 bits per heavy atom. The highest BCUT2D eigenvalue weighted by atomic mass is 16.5. The normalized spacial score (nSPS) is 19.7. The zero-order valence-corrected chi connectivity index (χ0v) is 17.4. The molecule has 4 rings (SSSR count). The van der Waals surface area contributed by atoms with Crippen LogP contribution in [0.15, 0.2) is 53.4 Å². The highest BCUT2D eigenvalue weighted by Gasteiger charge is 2.34. The van der Waals surface area contributed by atoms with Crippen molar-refractivity contribution in [2.45, 2.75) is 51.2 Å². The summed E-state index contributed by atoms with van der Waals surface area (Å²) < 4.78 is 5.53. The third-order valence-corrected chi connectivity index (χ3v) is 5.70. The third-order valence-electron chi connectivity index (χ3n) is 5.70. The Morgan fingerprint density at radius 1 is 1.23 bits per heavy atom. The van der Waals surface area contributed by atoms with Gasteiger partial charge in [0.25, 0.3) is 5.91 Å². The van der Waals surface area contributed by atoms with E-state index < -0.39 is 5.60 Å². The fraction of sp³-hybridized carbons (Fsp3) is 0.391. The van der Waals surface area contributed by atoms with E-state index in [0.29, 0.717) is 29.3 Å². The van der Waals surface area contributed by atoms with Crippen LogP contribution in [0.3, 0.4) is 0 Å². The van der Waals surface area contributed by atoms with E-state index >= 15 is 0 Å². The number of hydrogen-bond acceptors (Lipinski definition) is 6. The van der Waals surface area contributed by atoms with Crippen LogP contribution >= 0.6 is 0 Å². The van der Waals surface area contributed by atoms with Crippen LogP contribution in [0.25, 0.3) is 11.3 Å². The lowest BCUT2D eigenvalue weighted by atomic mass is 9.89. The number of hydrogen-bond donors (Lipinski definition) is 1. The number of likely N-dealkylation sites (tertiary alicyclic amines) is 1. The molecule has 1 saturated heterocycles. The minimum atomic E-state index is -1.06. The molecule has 0 unspecified atom stereocenters. The quantitative estimate of drug-likeness (QED) is 0.709. The van der Waals surface area contributed by atoms with E-state index in [4.69, 9.17) is 4.52 Å². The number of benzene rings is 1. The molecule has 0 spiro atoms. The number of amides is 1. The number of carbonyl (C=O) groups is 1. The second kappa shape index (κ2) is 7.99. The Hall–Kier alpha value is -3.06. The Kier molecular flexibility index (Phi) is 5.39. The molecule has 0 radical (unpaired) electrons. The van der Waals surface area contributed by atoms with Gasteiger partial charge in [0.2, 0.25) is 0 Å². The molecule has 1 aromatic carbocycles. The van der Waals surface area contributed by atoms with Gasteiger partial charge < -0.3 is 14.5 Å². The predicted molar refractivity (Wildman–Crippen MR) is 112 cm³/mol. The minimum absolute atomic E-state index is 0.0318. The number of aromatic nitrogens is 3. The summed E-state index contributed by atoms with van der Waals surface area (Å²) >= 11 is 0. The number of aliphatic hydroxyl groups is 1. The summed E-state index contributed by atoms with van der Waals surface area (Å²) in [7, 11) is 0. The molecule has 1 aliphatic rings. The van der Waals surface area contributed by atoms with Crippen LogP contribution < -0.4 is 0 Å². The maximum Gasteiger partial charge on any atom is 0.254 e. The summed E-state index contributed by atoms with van der Waals surface area (Å²) in [5.41, 5.74) is 1.50. The molecule has 7 nitrogen and oxygen atoms in total. The van der Waals surface area contributed by atoms with Crippen molar-refractivity contribution in [1.29, 1.82) is 0 Å². The highest BCUT2D eigenvalue weighted by molar-refractivity contribution is 6.00. The number of piperidine rings is 1. The zero-order chi connectivity index (χ0) is 21.3. The van der Waals surface area contributed by atoms with Gasteiger partial charge in [-0.1, -0.05) is 23.4 Å². The Labute approximate surface area is 175 Å². The second-order valence-corrected chi connectivity index (χ2v) is 8.39. The largest absolute Gasteiger partial charge is 0.384 e. The molecule has 3 heterocycles. The molecule has 30 heavy (non-hydrogen) atoms. The van der Waals surface area contributed by atoms with E-state index in [-0.39, 0.29) is 17.9 Å². The van der Waals surface area contributed by atoms with E-state index in [9.17, 15) is 9.90 Å². The highest BCUT2D eigenvalue weighted by Crippen LogP contribution is 2.34. The van der Waals surface area contributed by atoms with Crippen LogP contribution in [0.2, 0.25) is 0 Å². The van der Waals surface area contributed by atoms with Gasteiger partial charge in [0, 0.05) is 48.1 Å². The van der Waals surface area contributed by atoms with Crippen molar-refractivity contribution >= 4 is 5.91 Å². The van der Waals surface area contributed by atoms with Crippen LogP contribution in [-0.4, -0.2) is 43.6 Å². The summed E-state index contributed by atoms with van der Waals surface area (Å²) in [5.74, 6) is 0.715. The number of rotatable bonds is 4. The van der Waals surface area contributed by atoms with Crippen molar-refractivity contribution in [1.82, 2.24) is 20.0 Å². The van der Waals surface area contributed by atoms with Crippen LogP contribution in [0.4, 0.5) is 0 Å². The second-order valence-electron chi connectivity index (χ2n) is 8.39. The molecule has 1 fully saturated rings. The van der Waals surface area contributed by atoms with E-state index in [2.05, 4.69) is 22.0 Å². The summed E-state index contributed by atoms with van der Waals surface area (Å²) in [6, 6.07) is 9.41. The van der Waals surface area contributed by atoms with Gasteiger partial charge in [-0.25, -0.2) is 0 Å². The first kappa shape index (κ1) is 20.2. The number of carbonyl (C=O) groups excluding carboxylic acids is 1. The lowest BCUT2D eigenvalue weighted by Gasteiger charge is -2.37. The van der Waals surface area contributed by atoms with E-state index in [1.807, 2.05) is 29.2 Å². The van der Waals surface area contributed by atoms with E-state index in [1.54, 1.807) is 38.5 Å². The van der Waals surface area contributed by atoms with Crippen LogP contribution in [0, 0.1) is 0 Å². The molecular weight excluding hydrogens is 380 g/mol. The van der Waals surface area contributed by atoms with Crippen molar-refractivity contribution in [2.24, 2.45) is 0 Å². The molecule has 0 aliphatic carbocycles. The smallest absolute Gasteiger partial charge is 0.254 e. The molecule has 7 heteroatoms. The van der Waals surface area contributed by atoms with E-state index in [1.165, 1.54) is 0 Å². The Morgan fingerprint density at radius 3 is 2.73 bits per heavy atom. The third kappa shape index (κ3) is 3.98. The fourth-order valence-corrected chi connectivity index (χ4v) is 3.88. The molecule has 2 aromatic heterocycles. The SMILES string of the molecule is C[C@@H]1CC[C@@H](c2cc(C(C)(C)O)no2)CN1C(=O)c1ccccc1-c1cnccn1. The lowest BCUT2D eigenvalue weighted by molar-refractivity contribution is 0.0596. The minimum Gasteiger partial charge on any atom is -0.384 e. The van der Waals surface area contributed by atoms with Gasteiger partial charge in [0.15, 0.2) is 0 Å². The number of nitrogens with zero attached hydrogens (tertiary/aromatic N) is 4. The first-order valence-corrected chi connectivity index (χ1v) is 10.2. The maximum absolute atomic E-state index is 13.5. The fourth-order valence-electron chi connectivity index (χ4n) is 3.88.